The predicted octanol–water partition coefficient (Wildman–Crippen LogP) is 12.9. The van der Waals surface area contributed by atoms with Crippen LogP contribution in [0.15, 0.2) is 144 Å². The van der Waals surface area contributed by atoms with Crippen molar-refractivity contribution in [2.75, 3.05) is 4.90 Å². The van der Waals surface area contributed by atoms with Crippen LogP contribution in [0.1, 0.15) is 25.0 Å². The number of hydrogen-bond acceptors (Lipinski definition) is 3. The Morgan fingerprint density at radius 1 is 0.500 bits per heavy atom. The Balaban J connectivity index is 1.24. The van der Waals surface area contributed by atoms with E-state index in [1.54, 1.807) is 0 Å². The summed E-state index contributed by atoms with van der Waals surface area (Å²) in [7, 11) is 0. The Morgan fingerprint density at radius 2 is 1.15 bits per heavy atom. The lowest BCUT2D eigenvalue weighted by molar-refractivity contribution is 0.660. The minimum Gasteiger partial charge on any atom is -0.455 e. The van der Waals surface area contributed by atoms with Crippen LogP contribution >= 0.6 is 11.3 Å². The second-order valence-corrected chi connectivity index (χ2v) is 14.0. The van der Waals surface area contributed by atoms with Crippen molar-refractivity contribution in [3.63, 3.8) is 0 Å². The van der Waals surface area contributed by atoms with Gasteiger partial charge in [-0.2, -0.15) is 0 Å². The first kappa shape index (κ1) is 25.9. The number of furan rings is 1. The molecular weight excluding hydrogens is 579 g/mol. The zero-order chi connectivity index (χ0) is 30.6. The zero-order valence-corrected chi connectivity index (χ0v) is 26.4. The molecule has 0 atom stereocenters. The van der Waals surface area contributed by atoms with Gasteiger partial charge in [0.05, 0.1) is 0 Å². The third-order valence-corrected chi connectivity index (χ3v) is 11.2. The van der Waals surface area contributed by atoms with Crippen LogP contribution in [0.2, 0.25) is 0 Å². The Bertz CT molecular complexity index is 2690. The minimum absolute atomic E-state index is 0.0420. The Hall–Kier alpha value is -5.38. The molecular formula is C43H29NOS. The number of thiophene rings is 1. The van der Waals surface area contributed by atoms with Crippen molar-refractivity contribution in [3.05, 3.63) is 151 Å². The summed E-state index contributed by atoms with van der Waals surface area (Å²) in [6.07, 6.45) is 0. The van der Waals surface area contributed by atoms with Crippen molar-refractivity contribution >= 4 is 81.3 Å². The highest BCUT2D eigenvalue weighted by molar-refractivity contribution is 7.25. The van der Waals surface area contributed by atoms with E-state index in [0.717, 1.165) is 44.4 Å². The molecule has 0 spiro atoms. The van der Waals surface area contributed by atoms with E-state index in [0.29, 0.717) is 0 Å². The second kappa shape index (κ2) is 9.32. The maximum Gasteiger partial charge on any atom is 0.143 e. The fraction of sp³-hybridized carbons (Fsp3) is 0.0698. The van der Waals surface area contributed by atoms with Gasteiger partial charge in [0.2, 0.25) is 0 Å². The molecule has 1 aliphatic carbocycles. The average molecular weight is 608 g/mol. The van der Waals surface area contributed by atoms with Crippen LogP contribution < -0.4 is 4.90 Å². The quantitative estimate of drug-likeness (QED) is 0.199. The number of benzene rings is 7. The number of nitrogens with zero attached hydrogens (tertiary/aromatic N) is 1. The lowest BCUT2D eigenvalue weighted by Crippen LogP contribution is -2.15. The molecule has 2 heterocycles. The molecule has 0 radical (unpaired) electrons. The van der Waals surface area contributed by atoms with Crippen LogP contribution in [0, 0.1) is 0 Å². The summed E-state index contributed by atoms with van der Waals surface area (Å²) in [5.74, 6) is 0. The molecule has 0 saturated carbocycles. The van der Waals surface area contributed by atoms with Crippen molar-refractivity contribution in [2.45, 2.75) is 19.3 Å². The van der Waals surface area contributed by atoms with Gasteiger partial charge < -0.3 is 9.32 Å². The van der Waals surface area contributed by atoms with E-state index in [1.165, 1.54) is 47.8 Å². The van der Waals surface area contributed by atoms with E-state index in [4.69, 9.17) is 4.42 Å². The van der Waals surface area contributed by atoms with E-state index in [9.17, 15) is 0 Å². The zero-order valence-electron chi connectivity index (χ0n) is 25.5. The monoisotopic (exact) mass is 607 g/mol. The molecule has 218 valence electrons. The lowest BCUT2D eigenvalue weighted by Gasteiger charge is -2.27. The maximum atomic E-state index is 6.51. The van der Waals surface area contributed by atoms with Crippen molar-refractivity contribution in [2.24, 2.45) is 0 Å². The van der Waals surface area contributed by atoms with Gasteiger partial charge in [-0.05, 0) is 88.3 Å². The predicted molar refractivity (Wildman–Crippen MR) is 196 cm³/mol. The molecule has 0 fully saturated rings. The van der Waals surface area contributed by atoms with Crippen LogP contribution in [-0.2, 0) is 5.41 Å². The van der Waals surface area contributed by atoms with Gasteiger partial charge >= 0.3 is 0 Å². The average Bonchev–Trinajstić information content (AvgIpc) is 3.73. The normalized spacial score (nSPS) is 13.6. The third-order valence-electron chi connectivity index (χ3n) is 10.0. The van der Waals surface area contributed by atoms with Crippen LogP contribution in [0.5, 0.6) is 0 Å². The fourth-order valence-corrected chi connectivity index (χ4v) is 8.86. The summed E-state index contributed by atoms with van der Waals surface area (Å²) in [6, 6.07) is 51.1. The van der Waals surface area contributed by atoms with Gasteiger partial charge in [0, 0.05) is 58.8 Å². The number of para-hydroxylation sites is 1. The summed E-state index contributed by atoms with van der Waals surface area (Å²) in [6.45, 7) is 4.68. The van der Waals surface area contributed by atoms with E-state index in [1.807, 2.05) is 17.4 Å². The number of anilines is 3. The summed E-state index contributed by atoms with van der Waals surface area (Å²) in [5, 5.41) is 7.17. The van der Waals surface area contributed by atoms with Crippen molar-refractivity contribution in [3.8, 4) is 11.1 Å². The van der Waals surface area contributed by atoms with Gasteiger partial charge in [-0.25, -0.2) is 0 Å². The summed E-state index contributed by atoms with van der Waals surface area (Å²) in [5.41, 5.74) is 10.6. The first-order valence-corrected chi connectivity index (χ1v) is 16.7. The smallest absolute Gasteiger partial charge is 0.143 e. The topological polar surface area (TPSA) is 16.4 Å². The molecule has 9 aromatic rings. The standard InChI is InChI=1S/C43H29NOS/c1-43(2)37-12-6-3-9-30(37)35-24-28(18-21-38(35)43)44(29-19-22-41-36(25-29)32-11-5-8-14-40(32)46-41)27-17-15-26-16-20-33-31-10-4-7-13-39(31)45-42(33)34(26)23-27/h3-25H,1-2H3. The molecule has 0 N–H and O–H groups in total. The SMILES string of the molecule is CC1(C)c2ccccc2-c2cc(N(c3ccc4sc5ccccc5c4c3)c3ccc4ccc5c6ccccc6oc5c4c3)ccc21. The Kier molecular flexibility index (Phi) is 5.25. The van der Waals surface area contributed by atoms with Crippen LogP contribution in [-0.4, -0.2) is 0 Å². The Morgan fingerprint density at radius 3 is 2.07 bits per heavy atom. The highest BCUT2D eigenvalue weighted by Crippen LogP contribution is 2.51. The molecule has 0 bridgehead atoms. The van der Waals surface area contributed by atoms with Crippen molar-refractivity contribution < 1.29 is 4.42 Å². The fourth-order valence-electron chi connectivity index (χ4n) is 7.78. The van der Waals surface area contributed by atoms with Gasteiger partial charge in [0.25, 0.3) is 0 Å². The molecule has 2 nitrogen and oxygen atoms in total. The minimum atomic E-state index is -0.0420. The molecule has 7 aromatic carbocycles. The molecule has 46 heavy (non-hydrogen) atoms. The van der Waals surface area contributed by atoms with Crippen LogP contribution in [0.3, 0.4) is 0 Å². The van der Waals surface area contributed by atoms with E-state index >= 15 is 0 Å². The van der Waals surface area contributed by atoms with Gasteiger partial charge in [0.15, 0.2) is 0 Å². The molecule has 0 aliphatic heterocycles. The maximum absolute atomic E-state index is 6.51. The second-order valence-electron chi connectivity index (χ2n) is 13.0. The number of fused-ring (bicyclic) bond motifs is 11. The molecule has 10 rings (SSSR count). The largest absolute Gasteiger partial charge is 0.455 e. The third kappa shape index (κ3) is 3.58. The number of hydrogen-bond donors (Lipinski definition) is 0. The van der Waals surface area contributed by atoms with Gasteiger partial charge in [0.1, 0.15) is 11.2 Å². The van der Waals surface area contributed by atoms with E-state index < -0.39 is 0 Å². The highest BCUT2D eigenvalue weighted by atomic mass is 32.1. The molecule has 1 aliphatic rings. The summed E-state index contributed by atoms with van der Waals surface area (Å²) in [4.78, 5) is 2.42. The highest BCUT2D eigenvalue weighted by Gasteiger charge is 2.35. The van der Waals surface area contributed by atoms with E-state index in [-0.39, 0.29) is 5.41 Å². The molecule has 2 aromatic heterocycles. The first-order valence-electron chi connectivity index (χ1n) is 15.8. The molecule has 0 unspecified atom stereocenters. The summed E-state index contributed by atoms with van der Waals surface area (Å²) < 4.78 is 9.13. The van der Waals surface area contributed by atoms with Gasteiger partial charge in [-0.15, -0.1) is 11.3 Å². The summed E-state index contributed by atoms with van der Waals surface area (Å²) >= 11 is 1.86. The van der Waals surface area contributed by atoms with Crippen molar-refractivity contribution in [1.29, 1.82) is 0 Å². The molecule has 3 heteroatoms. The van der Waals surface area contributed by atoms with Gasteiger partial charge in [-0.1, -0.05) is 92.7 Å². The Labute approximate surface area is 270 Å². The number of rotatable bonds is 3. The van der Waals surface area contributed by atoms with Crippen LogP contribution in [0.4, 0.5) is 17.1 Å². The lowest BCUT2D eigenvalue weighted by atomic mass is 9.82. The van der Waals surface area contributed by atoms with Crippen LogP contribution in [0.25, 0.3) is 64.0 Å². The van der Waals surface area contributed by atoms with Crippen molar-refractivity contribution in [1.82, 2.24) is 0 Å². The van der Waals surface area contributed by atoms with E-state index in [2.05, 4.69) is 152 Å². The van der Waals surface area contributed by atoms with Gasteiger partial charge in [-0.3, -0.25) is 0 Å². The molecule has 0 saturated heterocycles. The molecule has 0 amide bonds. The first-order chi connectivity index (χ1) is 22.5.